The number of nitrogens with zero attached hydrogens (tertiary/aromatic N) is 2. The van der Waals surface area contributed by atoms with Gasteiger partial charge in [0, 0.05) is 23.7 Å². The van der Waals surface area contributed by atoms with Crippen LogP contribution in [-0.2, 0) is 11.3 Å². The first-order valence-electron chi connectivity index (χ1n) is 10.1. The summed E-state index contributed by atoms with van der Waals surface area (Å²) < 4.78 is 5.17. The summed E-state index contributed by atoms with van der Waals surface area (Å²) in [5.41, 5.74) is 1.01. The minimum Gasteiger partial charge on any atom is -0.480 e. The molecule has 0 saturated heterocycles. The Morgan fingerprint density at radius 3 is 2.56 bits per heavy atom. The van der Waals surface area contributed by atoms with E-state index < -0.39 is 5.97 Å². The molecule has 2 amide bonds. The van der Waals surface area contributed by atoms with Crippen molar-refractivity contribution < 1.29 is 19.1 Å². The molecule has 150 valence electrons. The number of likely N-dealkylation sites (N-methyl/N-ethyl adjacent to an activating group) is 1. The van der Waals surface area contributed by atoms with Crippen molar-refractivity contribution in [3.63, 3.8) is 0 Å². The van der Waals surface area contributed by atoms with Crippen LogP contribution in [0.3, 0.4) is 0 Å². The fraction of sp³-hybridized carbons (Fsp3) is 0.700. The molecule has 0 bridgehead atoms. The van der Waals surface area contributed by atoms with Crippen molar-refractivity contribution in [2.75, 3.05) is 13.1 Å². The van der Waals surface area contributed by atoms with Gasteiger partial charge in [0.1, 0.15) is 0 Å². The third kappa shape index (κ3) is 5.25. The van der Waals surface area contributed by atoms with Crippen molar-refractivity contribution in [2.45, 2.75) is 76.5 Å². The highest BCUT2D eigenvalue weighted by molar-refractivity contribution is 5.75. The molecule has 7 nitrogen and oxygen atoms in total. The molecule has 0 spiro atoms. The topological polar surface area (TPSA) is 86.0 Å². The van der Waals surface area contributed by atoms with Crippen molar-refractivity contribution in [2.24, 2.45) is 0 Å². The van der Waals surface area contributed by atoms with Crippen LogP contribution in [0, 0.1) is 0 Å². The number of carbonyl (C=O) groups is 2. The molecule has 0 aliphatic heterocycles. The van der Waals surface area contributed by atoms with Crippen molar-refractivity contribution >= 4 is 12.0 Å². The smallest absolute Gasteiger partial charge is 0.318 e. The molecular weight excluding hydrogens is 346 g/mol. The molecule has 1 aromatic rings. The molecule has 0 radical (unpaired) electrons. The van der Waals surface area contributed by atoms with Gasteiger partial charge in [-0.3, -0.25) is 9.69 Å². The predicted octanol–water partition coefficient (Wildman–Crippen LogP) is 3.06. The van der Waals surface area contributed by atoms with Crippen molar-refractivity contribution in [1.29, 1.82) is 0 Å². The Hall–Kier alpha value is -2.02. The zero-order valence-electron chi connectivity index (χ0n) is 16.1. The van der Waals surface area contributed by atoms with E-state index in [1.54, 1.807) is 12.5 Å². The van der Waals surface area contributed by atoms with Gasteiger partial charge in [-0.05, 0) is 38.3 Å². The zero-order chi connectivity index (χ0) is 19.2. The Balaban J connectivity index is 1.54. The Labute approximate surface area is 160 Å². The second-order valence-electron chi connectivity index (χ2n) is 7.78. The molecule has 2 fully saturated rings. The summed E-state index contributed by atoms with van der Waals surface area (Å²) in [5, 5.41) is 12.2. The van der Waals surface area contributed by atoms with Gasteiger partial charge >= 0.3 is 12.0 Å². The van der Waals surface area contributed by atoms with Crippen LogP contribution >= 0.6 is 0 Å². The van der Waals surface area contributed by atoms with Crippen LogP contribution in [0.1, 0.15) is 57.4 Å². The standard InChI is InChI=1S/C20H31N3O4/c1-2-22(13-19(24)25)18-10-16(11-18)21-20(26)23(12-15-8-9-27-14-15)17-6-4-3-5-7-17/h8-9,14,16-18H,2-7,10-13H2,1H3,(H,21,26)(H,24,25). The number of hydrogen-bond donors (Lipinski definition) is 2. The summed E-state index contributed by atoms with van der Waals surface area (Å²) in [6.45, 7) is 3.33. The molecule has 0 unspecified atom stereocenters. The van der Waals surface area contributed by atoms with Gasteiger partial charge in [-0.2, -0.15) is 0 Å². The van der Waals surface area contributed by atoms with E-state index in [4.69, 9.17) is 9.52 Å². The lowest BCUT2D eigenvalue weighted by Crippen LogP contribution is -2.57. The normalized spacial score (nSPS) is 23.0. The number of carboxylic acids is 1. The van der Waals surface area contributed by atoms with Gasteiger partial charge < -0.3 is 19.7 Å². The van der Waals surface area contributed by atoms with E-state index in [1.807, 2.05) is 22.8 Å². The average Bonchev–Trinajstić information content (AvgIpc) is 3.14. The maximum atomic E-state index is 13.0. The number of amides is 2. The van der Waals surface area contributed by atoms with Crippen LogP contribution in [0.25, 0.3) is 0 Å². The van der Waals surface area contributed by atoms with E-state index in [2.05, 4.69) is 5.32 Å². The van der Waals surface area contributed by atoms with Crippen LogP contribution in [0.15, 0.2) is 23.0 Å². The predicted molar refractivity (Wildman–Crippen MR) is 101 cm³/mol. The van der Waals surface area contributed by atoms with Crippen LogP contribution in [0.2, 0.25) is 0 Å². The molecule has 0 atom stereocenters. The molecule has 2 N–H and O–H groups in total. The molecule has 0 aromatic carbocycles. The number of carboxylic acid groups (broad SMARTS) is 1. The van der Waals surface area contributed by atoms with Gasteiger partial charge in [0.2, 0.25) is 0 Å². The number of hydrogen-bond acceptors (Lipinski definition) is 4. The van der Waals surface area contributed by atoms with E-state index in [0.29, 0.717) is 13.1 Å². The first-order chi connectivity index (χ1) is 13.1. The first-order valence-corrected chi connectivity index (χ1v) is 10.1. The summed E-state index contributed by atoms with van der Waals surface area (Å²) in [4.78, 5) is 27.9. The Kier molecular flexibility index (Phi) is 6.77. The molecule has 2 aliphatic rings. The monoisotopic (exact) mass is 377 g/mol. The van der Waals surface area contributed by atoms with Crippen LogP contribution in [0.5, 0.6) is 0 Å². The van der Waals surface area contributed by atoms with Gasteiger partial charge in [-0.1, -0.05) is 26.2 Å². The molecule has 27 heavy (non-hydrogen) atoms. The Morgan fingerprint density at radius 1 is 1.22 bits per heavy atom. The van der Waals surface area contributed by atoms with Crippen molar-refractivity contribution in [1.82, 2.24) is 15.1 Å². The Morgan fingerprint density at radius 2 is 1.96 bits per heavy atom. The SMILES string of the molecule is CCN(CC(=O)O)C1CC(NC(=O)N(Cc2ccoc2)C2CCCCC2)C1. The second-order valence-corrected chi connectivity index (χ2v) is 7.78. The highest BCUT2D eigenvalue weighted by Crippen LogP contribution is 2.28. The van der Waals surface area contributed by atoms with Crippen molar-refractivity contribution in [3.8, 4) is 0 Å². The largest absolute Gasteiger partial charge is 0.480 e. The fourth-order valence-corrected chi connectivity index (χ4v) is 4.27. The number of rotatable bonds is 8. The highest BCUT2D eigenvalue weighted by atomic mass is 16.4. The minimum absolute atomic E-state index is 0.00664. The molecule has 1 heterocycles. The lowest BCUT2D eigenvalue weighted by molar-refractivity contribution is -0.139. The first kappa shape index (κ1) is 19.7. The van der Waals surface area contributed by atoms with Crippen LogP contribution in [-0.4, -0.2) is 58.1 Å². The molecule has 1 aromatic heterocycles. The lowest BCUT2D eigenvalue weighted by atomic mass is 9.85. The summed E-state index contributed by atoms with van der Waals surface area (Å²) in [6, 6.07) is 2.55. The molecule has 3 rings (SSSR count). The van der Waals surface area contributed by atoms with Crippen molar-refractivity contribution in [3.05, 3.63) is 24.2 Å². The van der Waals surface area contributed by atoms with Crippen LogP contribution in [0.4, 0.5) is 4.79 Å². The third-order valence-electron chi connectivity index (χ3n) is 5.91. The highest BCUT2D eigenvalue weighted by Gasteiger charge is 2.36. The maximum absolute atomic E-state index is 13.0. The van der Waals surface area contributed by atoms with E-state index in [0.717, 1.165) is 31.2 Å². The second kappa shape index (κ2) is 9.26. The number of urea groups is 1. The van der Waals surface area contributed by atoms with E-state index >= 15 is 0 Å². The van der Waals surface area contributed by atoms with Gasteiger partial charge in [-0.25, -0.2) is 4.79 Å². The number of carbonyl (C=O) groups excluding carboxylic acids is 1. The number of nitrogens with one attached hydrogen (secondary N) is 1. The van der Waals surface area contributed by atoms with Gasteiger partial charge in [0.05, 0.1) is 25.6 Å². The zero-order valence-corrected chi connectivity index (χ0v) is 16.1. The number of aliphatic carboxylic acids is 1. The van der Waals surface area contributed by atoms with E-state index in [1.165, 1.54) is 19.3 Å². The summed E-state index contributed by atoms with van der Waals surface area (Å²) in [7, 11) is 0. The third-order valence-corrected chi connectivity index (χ3v) is 5.91. The van der Waals surface area contributed by atoms with Gasteiger partial charge in [0.25, 0.3) is 0 Å². The maximum Gasteiger partial charge on any atom is 0.318 e. The van der Waals surface area contributed by atoms with Crippen LogP contribution < -0.4 is 5.32 Å². The molecular formula is C20H31N3O4. The summed E-state index contributed by atoms with van der Waals surface area (Å²) in [5.74, 6) is -0.798. The quantitative estimate of drug-likeness (QED) is 0.727. The van der Waals surface area contributed by atoms with E-state index in [-0.39, 0.29) is 30.7 Å². The minimum atomic E-state index is -0.798. The fourth-order valence-electron chi connectivity index (χ4n) is 4.27. The Bertz CT molecular complexity index is 607. The van der Waals surface area contributed by atoms with Gasteiger partial charge in [-0.15, -0.1) is 0 Å². The number of furan rings is 1. The van der Waals surface area contributed by atoms with Gasteiger partial charge in [0.15, 0.2) is 0 Å². The molecule has 2 aliphatic carbocycles. The summed E-state index contributed by atoms with van der Waals surface area (Å²) >= 11 is 0. The molecule has 7 heteroatoms. The van der Waals surface area contributed by atoms with E-state index in [9.17, 15) is 9.59 Å². The summed E-state index contributed by atoms with van der Waals surface area (Å²) in [6.07, 6.45) is 10.7. The molecule has 2 saturated carbocycles. The average molecular weight is 377 g/mol. The lowest BCUT2D eigenvalue weighted by Gasteiger charge is -2.43.